The van der Waals surface area contributed by atoms with Crippen LogP contribution in [0, 0.1) is 0 Å². The number of nitrogens with zero attached hydrogens (tertiary/aromatic N) is 2. The normalized spacial score (nSPS) is 24.2. The maximum atomic E-state index is 12.9. The second-order valence-corrected chi connectivity index (χ2v) is 9.00. The first kappa shape index (κ1) is 18.4. The van der Waals surface area contributed by atoms with E-state index in [1.165, 1.54) is 0 Å². The Morgan fingerprint density at radius 3 is 2.74 bits per heavy atom. The minimum absolute atomic E-state index is 0.0566. The molecular weight excluding hydrogens is 362 g/mol. The summed E-state index contributed by atoms with van der Waals surface area (Å²) in [7, 11) is 1.65. The van der Waals surface area contributed by atoms with Gasteiger partial charge in [0.05, 0.1) is 34.6 Å². The molecule has 2 aliphatic heterocycles. The van der Waals surface area contributed by atoms with Gasteiger partial charge in [0.15, 0.2) is 5.82 Å². The SMILES string of the molecule is COc1ccc([C@H]2SC(C)=Nc3c2c(=O)[nH]n3[C@@H]2CCOC(C)(C)C2)cc1. The van der Waals surface area contributed by atoms with E-state index >= 15 is 0 Å². The Bertz CT molecular complexity index is 927. The molecule has 0 spiro atoms. The molecule has 0 aliphatic carbocycles. The number of ether oxygens (including phenoxy) is 2. The van der Waals surface area contributed by atoms with Crippen molar-refractivity contribution in [3.8, 4) is 5.75 Å². The lowest BCUT2D eigenvalue weighted by Gasteiger charge is -2.36. The van der Waals surface area contributed by atoms with E-state index in [2.05, 4.69) is 18.9 Å². The summed E-state index contributed by atoms with van der Waals surface area (Å²) >= 11 is 1.62. The number of aromatic amines is 1. The monoisotopic (exact) mass is 387 g/mol. The van der Waals surface area contributed by atoms with Gasteiger partial charge in [-0.05, 0) is 51.3 Å². The zero-order valence-corrected chi connectivity index (χ0v) is 16.9. The first-order chi connectivity index (χ1) is 12.9. The number of thioether (sulfide) groups is 1. The largest absolute Gasteiger partial charge is 0.497 e. The summed E-state index contributed by atoms with van der Waals surface area (Å²) in [5.41, 5.74) is 1.56. The Balaban J connectivity index is 1.76. The first-order valence-electron chi connectivity index (χ1n) is 9.22. The Kier molecular flexibility index (Phi) is 4.68. The summed E-state index contributed by atoms with van der Waals surface area (Å²) in [6.07, 6.45) is 1.72. The van der Waals surface area contributed by atoms with Gasteiger partial charge in [-0.3, -0.25) is 14.6 Å². The Morgan fingerprint density at radius 2 is 2.07 bits per heavy atom. The lowest BCUT2D eigenvalue weighted by Crippen LogP contribution is -2.35. The molecule has 6 nitrogen and oxygen atoms in total. The standard InChI is InChI=1S/C20H25N3O3S/c1-12-21-18-16(17(27-12)13-5-7-15(25-4)8-6-13)19(24)22-23(18)14-9-10-26-20(2,3)11-14/h5-8,14,17H,9-11H2,1-4H3,(H,22,24)/t14-,17-/m1/s1. The number of methoxy groups -OCH3 is 1. The van der Waals surface area contributed by atoms with E-state index < -0.39 is 0 Å². The second kappa shape index (κ2) is 6.87. The number of hydrogen-bond acceptors (Lipinski definition) is 5. The topological polar surface area (TPSA) is 68.6 Å². The molecule has 4 rings (SSSR count). The van der Waals surface area contributed by atoms with Crippen LogP contribution in [0.4, 0.5) is 5.82 Å². The van der Waals surface area contributed by atoms with Crippen molar-refractivity contribution in [3.05, 3.63) is 45.7 Å². The van der Waals surface area contributed by atoms with Crippen molar-refractivity contribution in [1.82, 2.24) is 9.78 Å². The summed E-state index contributed by atoms with van der Waals surface area (Å²) < 4.78 is 13.1. The number of H-pyrrole nitrogens is 1. The molecule has 0 amide bonds. The Morgan fingerprint density at radius 1 is 1.33 bits per heavy atom. The zero-order valence-electron chi connectivity index (χ0n) is 16.1. The van der Waals surface area contributed by atoms with E-state index in [4.69, 9.17) is 14.5 Å². The third kappa shape index (κ3) is 3.46. The van der Waals surface area contributed by atoms with Crippen LogP contribution in [0.2, 0.25) is 0 Å². The Hall–Kier alpha value is -1.99. The van der Waals surface area contributed by atoms with Crippen LogP contribution in [0.15, 0.2) is 34.1 Å². The van der Waals surface area contributed by atoms with Crippen molar-refractivity contribution < 1.29 is 9.47 Å². The van der Waals surface area contributed by atoms with Gasteiger partial charge >= 0.3 is 0 Å². The predicted molar refractivity (Wildman–Crippen MR) is 109 cm³/mol. The fourth-order valence-electron chi connectivity index (χ4n) is 3.91. The highest BCUT2D eigenvalue weighted by Gasteiger charge is 2.35. The fraction of sp³-hybridized carbons (Fsp3) is 0.500. The van der Waals surface area contributed by atoms with Gasteiger partial charge < -0.3 is 9.47 Å². The molecule has 2 aromatic rings. The summed E-state index contributed by atoms with van der Waals surface area (Å²) in [5.74, 6) is 1.57. The lowest BCUT2D eigenvalue weighted by atomic mass is 9.94. The molecule has 1 N–H and O–H groups in total. The van der Waals surface area contributed by atoms with Crippen LogP contribution in [-0.2, 0) is 4.74 Å². The highest BCUT2D eigenvalue weighted by molar-refractivity contribution is 8.14. The zero-order chi connectivity index (χ0) is 19.2. The molecule has 1 aromatic heterocycles. The molecule has 3 heterocycles. The van der Waals surface area contributed by atoms with Crippen LogP contribution in [0.3, 0.4) is 0 Å². The van der Waals surface area contributed by atoms with Crippen LogP contribution < -0.4 is 10.3 Å². The van der Waals surface area contributed by atoms with Crippen molar-refractivity contribution >= 4 is 22.6 Å². The van der Waals surface area contributed by atoms with Crippen LogP contribution in [0.5, 0.6) is 5.75 Å². The van der Waals surface area contributed by atoms with Gasteiger partial charge in [-0.1, -0.05) is 23.9 Å². The van der Waals surface area contributed by atoms with Gasteiger partial charge in [0, 0.05) is 6.61 Å². The Labute approximate surface area is 163 Å². The van der Waals surface area contributed by atoms with E-state index in [1.807, 2.05) is 35.9 Å². The average Bonchev–Trinajstić information content (AvgIpc) is 2.97. The molecule has 1 aromatic carbocycles. The molecular formula is C20H25N3O3S. The number of hydrogen-bond donors (Lipinski definition) is 1. The molecule has 2 atom stereocenters. The number of aliphatic imine (C=N–C) groups is 1. The molecule has 0 saturated carbocycles. The van der Waals surface area contributed by atoms with Gasteiger partial charge in [-0.15, -0.1) is 0 Å². The van der Waals surface area contributed by atoms with E-state index in [9.17, 15) is 4.79 Å². The molecule has 27 heavy (non-hydrogen) atoms. The number of fused-ring (bicyclic) bond motifs is 1. The van der Waals surface area contributed by atoms with E-state index in [0.29, 0.717) is 6.61 Å². The molecule has 2 aliphatic rings. The molecule has 0 bridgehead atoms. The summed E-state index contributed by atoms with van der Waals surface area (Å²) in [6, 6.07) is 8.09. The quantitative estimate of drug-likeness (QED) is 0.857. The molecule has 7 heteroatoms. The number of aromatic nitrogens is 2. The molecule has 1 fully saturated rings. The lowest BCUT2D eigenvalue weighted by molar-refractivity contribution is -0.0705. The van der Waals surface area contributed by atoms with Crippen molar-refractivity contribution in [2.75, 3.05) is 13.7 Å². The minimum Gasteiger partial charge on any atom is -0.497 e. The molecule has 0 radical (unpaired) electrons. The van der Waals surface area contributed by atoms with Crippen LogP contribution in [0.1, 0.15) is 56.0 Å². The van der Waals surface area contributed by atoms with Crippen molar-refractivity contribution in [2.24, 2.45) is 4.99 Å². The fourth-order valence-corrected chi connectivity index (χ4v) is 5.01. The minimum atomic E-state index is -0.200. The summed E-state index contributed by atoms with van der Waals surface area (Å²) in [4.78, 5) is 17.6. The van der Waals surface area contributed by atoms with Crippen LogP contribution in [-0.4, -0.2) is 34.1 Å². The molecule has 144 valence electrons. The van der Waals surface area contributed by atoms with Crippen molar-refractivity contribution in [1.29, 1.82) is 0 Å². The highest BCUT2D eigenvalue weighted by Crippen LogP contribution is 2.45. The average molecular weight is 388 g/mol. The van der Waals surface area contributed by atoms with Gasteiger partial charge in [0.1, 0.15) is 5.75 Å². The van der Waals surface area contributed by atoms with Crippen molar-refractivity contribution in [2.45, 2.75) is 50.5 Å². The number of nitrogens with one attached hydrogen (secondary N) is 1. The van der Waals surface area contributed by atoms with Gasteiger partial charge in [-0.25, -0.2) is 4.99 Å². The van der Waals surface area contributed by atoms with Gasteiger partial charge in [0.2, 0.25) is 0 Å². The number of rotatable bonds is 3. The third-order valence-electron chi connectivity index (χ3n) is 5.20. The molecule has 0 unspecified atom stereocenters. The predicted octanol–water partition coefficient (Wildman–Crippen LogP) is 4.20. The van der Waals surface area contributed by atoms with Gasteiger partial charge in [-0.2, -0.15) is 0 Å². The smallest absolute Gasteiger partial charge is 0.271 e. The summed E-state index contributed by atoms with van der Waals surface area (Å²) in [5, 5.41) is 3.96. The number of benzene rings is 1. The van der Waals surface area contributed by atoms with E-state index in [-0.39, 0.29) is 22.5 Å². The third-order valence-corrected chi connectivity index (χ3v) is 6.38. The van der Waals surface area contributed by atoms with Crippen molar-refractivity contribution in [3.63, 3.8) is 0 Å². The molecule has 1 saturated heterocycles. The first-order valence-corrected chi connectivity index (χ1v) is 10.1. The second-order valence-electron chi connectivity index (χ2n) is 7.70. The van der Waals surface area contributed by atoms with Gasteiger partial charge in [0.25, 0.3) is 5.56 Å². The van der Waals surface area contributed by atoms with Crippen LogP contribution >= 0.6 is 11.8 Å². The summed E-state index contributed by atoms with van der Waals surface area (Å²) in [6.45, 7) is 6.88. The van der Waals surface area contributed by atoms with E-state index in [0.717, 1.165) is 40.6 Å². The maximum absolute atomic E-state index is 12.9. The van der Waals surface area contributed by atoms with Crippen LogP contribution in [0.25, 0.3) is 0 Å². The van der Waals surface area contributed by atoms with E-state index in [1.54, 1.807) is 18.9 Å². The highest BCUT2D eigenvalue weighted by atomic mass is 32.2. The maximum Gasteiger partial charge on any atom is 0.271 e.